The fourth-order valence-corrected chi connectivity index (χ4v) is 6.78. The molecule has 0 saturated heterocycles. The Balaban J connectivity index is 1.66. The van der Waals surface area contributed by atoms with Crippen molar-refractivity contribution in [2.45, 2.75) is 71.8 Å². The number of ether oxygens (including phenoxy) is 2. The maximum atomic E-state index is 13.0. The lowest BCUT2D eigenvalue weighted by atomic mass is 9.52. The summed E-state index contributed by atoms with van der Waals surface area (Å²) in [6.45, 7) is 6.37. The first kappa shape index (κ1) is 18.8. The third-order valence-corrected chi connectivity index (χ3v) is 7.79. The lowest BCUT2D eigenvalue weighted by Gasteiger charge is -2.52. The fourth-order valence-electron chi connectivity index (χ4n) is 6.78. The zero-order chi connectivity index (χ0) is 19.2. The minimum absolute atomic E-state index is 0.188. The first-order valence-corrected chi connectivity index (χ1v) is 10.7. The van der Waals surface area contributed by atoms with E-state index in [4.69, 9.17) is 9.47 Å². The summed E-state index contributed by atoms with van der Waals surface area (Å²) in [5.74, 6) is 2.99. The lowest BCUT2D eigenvalue weighted by molar-refractivity contribution is -0.154. The van der Waals surface area contributed by atoms with E-state index < -0.39 is 0 Å². The number of hydrogen-bond acceptors (Lipinski definition) is 4. The van der Waals surface area contributed by atoms with Gasteiger partial charge >= 0.3 is 5.97 Å². The number of carbonyl (C=O) groups excluding carboxylic acids is 2. The molecule has 0 aromatic rings. The van der Waals surface area contributed by atoms with Crippen LogP contribution in [0.2, 0.25) is 0 Å². The standard InChI is InChI=1S/C23H32O4/c1-4-23-11-10-18-17-9-7-16(26-5-2)12-15(17)6-8-19(18)22(23)20(13-21(23)25)27-14(3)24/h6,12,17-20,22H,4-5,7-11,13H2,1-3H3/t17-,18+,19+,20-,22+,23+/m0/s1. The van der Waals surface area contributed by atoms with E-state index in [0.29, 0.717) is 30.0 Å². The van der Waals surface area contributed by atoms with E-state index in [1.807, 2.05) is 6.92 Å². The Bertz CT molecular complexity index is 690. The van der Waals surface area contributed by atoms with Gasteiger partial charge in [-0.15, -0.1) is 0 Å². The average molecular weight is 373 g/mol. The molecule has 4 heteroatoms. The molecule has 0 radical (unpaired) electrons. The summed E-state index contributed by atoms with van der Waals surface area (Å²) >= 11 is 0. The van der Waals surface area contributed by atoms with Gasteiger partial charge in [0.25, 0.3) is 0 Å². The van der Waals surface area contributed by atoms with Crippen molar-refractivity contribution in [1.82, 2.24) is 0 Å². The van der Waals surface area contributed by atoms with E-state index in [1.165, 1.54) is 12.5 Å². The van der Waals surface area contributed by atoms with Gasteiger partial charge in [-0.05, 0) is 68.4 Å². The molecule has 148 valence electrons. The normalized spacial score (nSPS) is 40.3. The summed E-state index contributed by atoms with van der Waals surface area (Å²) in [7, 11) is 0. The van der Waals surface area contributed by atoms with Crippen LogP contribution in [0.25, 0.3) is 0 Å². The highest BCUT2D eigenvalue weighted by Gasteiger charge is 2.62. The predicted molar refractivity (Wildman–Crippen MR) is 103 cm³/mol. The van der Waals surface area contributed by atoms with Gasteiger partial charge in [0.05, 0.1) is 12.4 Å². The van der Waals surface area contributed by atoms with Crippen LogP contribution < -0.4 is 0 Å². The number of carbonyl (C=O) groups is 2. The van der Waals surface area contributed by atoms with Gasteiger partial charge in [-0.1, -0.05) is 13.0 Å². The molecule has 2 fully saturated rings. The first-order valence-electron chi connectivity index (χ1n) is 10.7. The van der Waals surface area contributed by atoms with Gasteiger partial charge < -0.3 is 9.47 Å². The number of esters is 1. The van der Waals surface area contributed by atoms with E-state index in [2.05, 4.69) is 19.1 Å². The zero-order valence-electron chi connectivity index (χ0n) is 16.8. The van der Waals surface area contributed by atoms with Crippen molar-refractivity contribution < 1.29 is 19.1 Å². The van der Waals surface area contributed by atoms with Crippen LogP contribution in [0.1, 0.15) is 65.7 Å². The summed E-state index contributed by atoms with van der Waals surface area (Å²) in [5, 5.41) is 0. The molecule has 4 aliphatic rings. The molecule has 0 aromatic heterocycles. The second-order valence-corrected chi connectivity index (χ2v) is 8.81. The minimum Gasteiger partial charge on any atom is -0.498 e. The molecule has 4 rings (SSSR count). The van der Waals surface area contributed by atoms with Crippen LogP contribution in [0.5, 0.6) is 0 Å². The SMILES string of the molecule is CCOC1=CC2=CC[C@@H]3[C@H](CC[C@]4(CC)C(=O)C[C@H](OC(C)=O)[C@@H]34)[C@H]2CC1. The van der Waals surface area contributed by atoms with Crippen LogP contribution in [0.4, 0.5) is 0 Å². The minimum atomic E-state index is -0.270. The lowest BCUT2D eigenvalue weighted by Crippen LogP contribution is -2.49. The fraction of sp³-hybridized carbons (Fsp3) is 0.739. The molecule has 27 heavy (non-hydrogen) atoms. The third kappa shape index (κ3) is 2.96. The molecule has 0 aliphatic heterocycles. The molecule has 0 bridgehead atoms. The number of ketones is 1. The van der Waals surface area contributed by atoms with Crippen molar-refractivity contribution in [2.75, 3.05) is 6.61 Å². The molecule has 0 N–H and O–H groups in total. The Labute approximate surface area is 162 Å². The summed E-state index contributed by atoms with van der Waals surface area (Å²) in [4.78, 5) is 24.7. The third-order valence-electron chi connectivity index (χ3n) is 7.79. The van der Waals surface area contributed by atoms with E-state index in [1.54, 1.807) is 0 Å². The Kier molecular flexibility index (Phi) is 4.94. The number of Topliss-reactive ketones (excluding diaryl/α,β-unsaturated/α-hetero) is 1. The maximum Gasteiger partial charge on any atom is 0.302 e. The quantitative estimate of drug-likeness (QED) is 0.677. The Morgan fingerprint density at radius 3 is 2.78 bits per heavy atom. The van der Waals surface area contributed by atoms with E-state index in [0.717, 1.165) is 50.9 Å². The van der Waals surface area contributed by atoms with Crippen molar-refractivity contribution in [2.24, 2.45) is 29.1 Å². The van der Waals surface area contributed by atoms with Crippen LogP contribution in [-0.2, 0) is 19.1 Å². The van der Waals surface area contributed by atoms with E-state index in [-0.39, 0.29) is 23.4 Å². The molecular formula is C23H32O4. The molecule has 0 aromatic carbocycles. The van der Waals surface area contributed by atoms with Gasteiger partial charge in [0.1, 0.15) is 11.9 Å². The first-order chi connectivity index (χ1) is 13.0. The number of hydrogen-bond donors (Lipinski definition) is 0. The van der Waals surface area contributed by atoms with Crippen molar-refractivity contribution in [3.8, 4) is 0 Å². The summed E-state index contributed by atoms with van der Waals surface area (Å²) in [6.07, 6.45) is 10.9. The largest absolute Gasteiger partial charge is 0.498 e. The molecule has 0 spiro atoms. The Hall–Kier alpha value is -1.58. The smallest absolute Gasteiger partial charge is 0.302 e. The second-order valence-electron chi connectivity index (χ2n) is 8.81. The molecule has 0 unspecified atom stereocenters. The van der Waals surface area contributed by atoms with Gasteiger partial charge in [-0.2, -0.15) is 0 Å². The highest BCUT2D eigenvalue weighted by molar-refractivity contribution is 5.89. The van der Waals surface area contributed by atoms with Gasteiger partial charge in [0.2, 0.25) is 0 Å². The van der Waals surface area contributed by atoms with Gasteiger partial charge in [-0.25, -0.2) is 0 Å². The monoisotopic (exact) mass is 372 g/mol. The van der Waals surface area contributed by atoms with Crippen molar-refractivity contribution in [3.63, 3.8) is 0 Å². The molecule has 2 saturated carbocycles. The van der Waals surface area contributed by atoms with Crippen molar-refractivity contribution >= 4 is 11.8 Å². The number of allylic oxidation sites excluding steroid dienone is 4. The van der Waals surface area contributed by atoms with Gasteiger partial charge in [0.15, 0.2) is 0 Å². The number of rotatable bonds is 4. The van der Waals surface area contributed by atoms with Gasteiger partial charge in [0, 0.05) is 31.1 Å². The Morgan fingerprint density at radius 2 is 2.07 bits per heavy atom. The summed E-state index contributed by atoms with van der Waals surface area (Å²) in [5.41, 5.74) is 1.16. The van der Waals surface area contributed by atoms with E-state index in [9.17, 15) is 9.59 Å². The van der Waals surface area contributed by atoms with Crippen LogP contribution in [0, 0.1) is 29.1 Å². The second kappa shape index (κ2) is 7.10. The zero-order valence-corrected chi connectivity index (χ0v) is 16.8. The van der Waals surface area contributed by atoms with Gasteiger partial charge in [-0.3, -0.25) is 9.59 Å². The molecule has 4 nitrogen and oxygen atoms in total. The van der Waals surface area contributed by atoms with Crippen LogP contribution >= 0.6 is 0 Å². The molecule has 4 aliphatic carbocycles. The summed E-state index contributed by atoms with van der Waals surface area (Å²) < 4.78 is 11.5. The average Bonchev–Trinajstić information content (AvgIpc) is 2.93. The summed E-state index contributed by atoms with van der Waals surface area (Å²) in [6, 6.07) is 0. The van der Waals surface area contributed by atoms with Crippen molar-refractivity contribution in [3.05, 3.63) is 23.5 Å². The molecular weight excluding hydrogens is 340 g/mol. The maximum absolute atomic E-state index is 13.0. The highest BCUT2D eigenvalue weighted by atomic mass is 16.5. The predicted octanol–water partition coefficient (Wildman–Crippen LogP) is 4.59. The van der Waals surface area contributed by atoms with Crippen LogP contribution in [0.3, 0.4) is 0 Å². The van der Waals surface area contributed by atoms with E-state index >= 15 is 0 Å². The van der Waals surface area contributed by atoms with Crippen molar-refractivity contribution in [1.29, 1.82) is 0 Å². The molecule has 0 amide bonds. The Morgan fingerprint density at radius 1 is 1.26 bits per heavy atom. The van der Waals surface area contributed by atoms with Crippen LogP contribution in [0.15, 0.2) is 23.5 Å². The molecule has 6 atom stereocenters. The van der Waals surface area contributed by atoms with Crippen LogP contribution in [-0.4, -0.2) is 24.5 Å². The molecule has 0 heterocycles. The highest BCUT2D eigenvalue weighted by Crippen LogP contribution is 2.61. The topological polar surface area (TPSA) is 52.6 Å². The number of fused-ring (bicyclic) bond motifs is 5.